The Hall–Kier alpha value is -1.05. The van der Waals surface area contributed by atoms with E-state index in [0.717, 1.165) is 12.7 Å². The van der Waals surface area contributed by atoms with Crippen molar-refractivity contribution in [1.29, 1.82) is 0 Å². The Balaban J connectivity index is 3.62. The molecular weight excluding hydrogens is 521 g/mol. The predicted octanol–water partition coefficient (Wildman–Crippen LogP) is 3.02. The normalized spacial score (nSPS) is 11.4. The average molecular weight is 557 g/mol. The van der Waals surface area contributed by atoms with Crippen LogP contribution < -0.4 is 10.6 Å². The van der Waals surface area contributed by atoms with Gasteiger partial charge in [0, 0.05) is 55.7 Å². The number of carbonyl (C=O) groups excluding carboxylic acids is 5. The summed E-state index contributed by atoms with van der Waals surface area (Å²) in [5, 5.41) is 5.58. The van der Waals surface area contributed by atoms with Gasteiger partial charge in [0.05, 0.1) is 6.04 Å². The van der Waals surface area contributed by atoms with Crippen LogP contribution in [0.3, 0.4) is 0 Å². The Morgan fingerprint density at radius 3 is 2.03 bits per heavy atom. The van der Waals surface area contributed by atoms with Crippen LogP contribution in [-0.4, -0.2) is 78.9 Å². The molecule has 0 aliphatic rings. The molecule has 0 bridgehead atoms. The third-order valence-corrected chi connectivity index (χ3v) is 8.70. The molecule has 0 radical (unpaired) electrons. The number of ether oxygens (including phenoxy) is 2. The van der Waals surface area contributed by atoms with E-state index < -0.39 is 6.04 Å². The van der Waals surface area contributed by atoms with Crippen molar-refractivity contribution in [2.24, 2.45) is 0 Å². The minimum atomic E-state index is -0.519. The zero-order valence-electron chi connectivity index (χ0n) is 19.8. The zero-order chi connectivity index (χ0) is 25.4. The molecule has 13 heteroatoms. The van der Waals surface area contributed by atoms with Gasteiger partial charge < -0.3 is 24.9 Å². The van der Waals surface area contributed by atoms with Crippen molar-refractivity contribution < 1.29 is 33.4 Å². The quantitative estimate of drug-likeness (QED) is 0.0884. The van der Waals surface area contributed by atoms with E-state index in [1.807, 2.05) is 0 Å². The smallest absolute Gasteiger partial charge is 0.305 e. The minimum absolute atomic E-state index is 0.0195. The molecule has 34 heavy (non-hydrogen) atoms. The number of nitrogens with one attached hydrogen (secondary N) is 2. The molecular formula is C21H36N2O7S4. The molecule has 0 rings (SSSR count). The first-order valence-corrected chi connectivity index (χ1v) is 16.2. The van der Waals surface area contributed by atoms with E-state index in [9.17, 15) is 24.0 Å². The highest BCUT2D eigenvalue weighted by Gasteiger charge is 2.11. The van der Waals surface area contributed by atoms with Crippen LogP contribution in [0, 0.1) is 0 Å². The number of aldehydes is 1. The second kappa shape index (κ2) is 23.7. The number of amides is 2. The van der Waals surface area contributed by atoms with Crippen LogP contribution in [0.25, 0.3) is 0 Å². The van der Waals surface area contributed by atoms with Gasteiger partial charge in [0.15, 0.2) is 0 Å². The molecule has 0 aliphatic carbocycles. The van der Waals surface area contributed by atoms with Gasteiger partial charge in [-0.25, -0.2) is 0 Å². The molecule has 0 fully saturated rings. The lowest BCUT2D eigenvalue weighted by atomic mass is 10.1. The van der Waals surface area contributed by atoms with Crippen molar-refractivity contribution in [3.63, 3.8) is 0 Å². The lowest BCUT2D eigenvalue weighted by Crippen LogP contribution is -2.36. The molecule has 0 aromatic rings. The van der Waals surface area contributed by atoms with Gasteiger partial charge in [0.1, 0.15) is 19.5 Å². The maximum absolute atomic E-state index is 12.0. The maximum atomic E-state index is 12.0. The fourth-order valence-corrected chi connectivity index (χ4v) is 5.91. The van der Waals surface area contributed by atoms with Gasteiger partial charge in [-0.3, -0.25) is 19.2 Å². The van der Waals surface area contributed by atoms with Crippen LogP contribution in [-0.2, 0) is 33.4 Å². The van der Waals surface area contributed by atoms with Gasteiger partial charge in [-0.1, -0.05) is 50.1 Å². The summed E-state index contributed by atoms with van der Waals surface area (Å²) in [6, 6.07) is -0.519. The second-order valence-electron chi connectivity index (χ2n) is 6.86. The fourth-order valence-electron chi connectivity index (χ4n) is 2.27. The Bertz CT molecular complexity index is 612. The predicted molar refractivity (Wildman–Crippen MR) is 142 cm³/mol. The monoisotopic (exact) mass is 556 g/mol. The lowest BCUT2D eigenvalue weighted by molar-refractivity contribution is -0.142. The minimum Gasteiger partial charge on any atom is -0.465 e. The molecule has 0 heterocycles. The highest BCUT2D eigenvalue weighted by Crippen LogP contribution is 2.22. The molecule has 0 saturated heterocycles. The first-order chi connectivity index (χ1) is 16.4. The van der Waals surface area contributed by atoms with Crippen LogP contribution in [0.1, 0.15) is 52.4 Å². The van der Waals surface area contributed by atoms with Crippen LogP contribution in [0.2, 0.25) is 0 Å². The van der Waals surface area contributed by atoms with E-state index in [1.165, 1.54) is 28.5 Å². The number of hydrogen-bond acceptors (Lipinski definition) is 11. The zero-order valence-corrected chi connectivity index (χ0v) is 23.1. The van der Waals surface area contributed by atoms with E-state index in [2.05, 4.69) is 10.6 Å². The Morgan fingerprint density at radius 1 is 0.853 bits per heavy atom. The molecule has 0 spiro atoms. The largest absolute Gasteiger partial charge is 0.465 e. The van der Waals surface area contributed by atoms with E-state index >= 15 is 0 Å². The summed E-state index contributed by atoms with van der Waals surface area (Å²) in [4.78, 5) is 56.6. The van der Waals surface area contributed by atoms with E-state index in [0.29, 0.717) is 74.9 Å². The van der Waals surface area contributed by atoms with Crippen molar-refractivity contribution in [2.75, 3.05) is 42.8 Å². The van der Waals surface area contributed by atoms with Crippen LogP contribution >= 0.6 is 43.2 Å². The number of rotatable bonds is 22. The summed E-state index contributed by atoms with van der Waals surface area (Å²) in [6.07, 6.45) is 3.83. The van der Waals surface area contributed by atoms with Gasteiger partial charge in [-0.2, -0.15) is 0 Å². The fraction of sp³-hybridized carbons (Fsp3) is 0.762. The number of unbranched alkanes of at least 4 members (excludes halogenated alkanes) is 1. The van der Waals surface area contributed by atoms with Gasteiger partial charge in [-0.15, -0.1) is 0 Å². The van der Waals surface area contributed by atoms with Crippen molar-refractivity contribution in [3.8, 4) is 0 Å². The van der Waals surface area contributed by atoms with Crippen molar-refractivity contribution in [3.05, 3.63) is 0 Å². The Labute approximate surface area is 217 Å². The summed E-state index contributed by atoms with van der Waals surface area (Å²) < 4.78 is 9.79. The molecule has 0 aliphatic heterocycles. The third kappa shape index (κ3) is 22.7. The number of carbonyl (C=O) groups is 5. The lowest BCUT2D eigenvalue weighted by Gasteiger charge is -2.13. The molecule has 0 saturated carbocycles. The first kappa shape index (κ1) is 33.0. The molecule has 0 aromatic carbocycles. The maximum Gasteiger partial charge on any atom is 0.305 e. The van der Waals surface area contributed by atoms with E-state index in [-0.39, 0.29) is 23.8 Å². The Kier molecular flexibility index (Phi) is 22.9. The molecule has 1 atom stereocenters. The average Bonchev–Trinajstić information content (AvgIpc) is 2.81. The molecule has 2 amide bonds. The highest BCUT2D eigenvalue weighted by atomic mass is 33.1. The summed E-state index contributed by atoms with van der Waals surface area (Å²) in [5.41, 5.74) is 0. The van der Waals surface area contributed by atoms with Crippen molar-refractivity contribution in [2.45, 2.75) is 58.4 Å². The molecule has 9 nitrogen and oxygen atoms in total. The third-order valence-electron chi connectivity index (χ3n) is 3.96. The van der Waals surface area contributed by atoms with Gasteiger partial charge >= 0.3 is 11.9 Å². The number of esters is 2. The van der Waals surface area contributed by atoms with Gasteiger partial charge in [0.2, 0.25) is 11.8 Å². The highest BCUT2D eigenvalue weighted by molar-refractivity contribution is 8.77. The molecule has 2 N–H and O–H groups in total. The number of hydrogen-bond donors (Lipinski definition) is 2. The topological polar surface area (TPSA) is 128 Å². The SMILES string of the molecule is CCC(=O)OCCSSCCC(=O)NCCCC[C@@H](C=O)NC(=O)CCSSCCOC(C)=O. The summed E-state index contributed by atoms with van der Waals surface area (Å²) in [7, 11) is 6.20. The molecule has 196 valence electrons. The van der Waals surface area contributed by atoms with E-state index in [1.54, 1.807) is 28.5 Å². The van der Waals surface area contributed by atoms with Crippen LogP contribution in [0.4, 0.5) is 0 Å². The van der Waals surface area contributed by atoms with Crippen LogP contribution in [0.5, 0.6) is 0 Å². The molecule has 0 aromatic heterocycles. The summed E-state index contributed by atoms with van der Waals surface area (Å²) in [5.74, 6) is 1.95. The van der Waals surface area contributed by atoms with Crippen LogP contribution in [0.15, 0.2) is 0 Å². The van der Waals surface area contributed by atoms with E-state index in [4.69, 9.17) is 9.47 Å². The summed E-state index contributed by atoms with van der Waals surface area (Å²) in [6.45, 7) is 4.38. The standard InChI is InChI=1S/C21H36N2O7S4/c1-3-21(28)30-11-15-34-31-12-7-19(26)22-9-5-4-6-18(16-24)23-20(27)8-13-32-33-14-10-29-17(2)25/h16,18H,3-15H2,1-2H3,(H,22,26)(H,23,27)/t18-/m0/s1. The van der Waals surface area contributed by atoms with Crippen molar-refractivity contribution in [1.82, 2.24) is 10.6 Å². The van der Waals surface area contributed by atoms with Crippen molar-refractivity contribution >= 4 is 73.2 Å². The summed E-state index contributed by atoms with van der Waals surface area (Å²) >= 11 is 0. The second-order valence-corrected chi connectivity index (χ2v) is 12.3. The first-order valence-electron chi connectivity index (χ1n) is 11.2. The van der Waals surface area contributed by atoms with Gasteiger partial charge in [0.25, 0.3) is 0 Å². The molecule has 0 unspecified atom stereocenters. The van der Waals surface area contributed by atoms with Gasteiger partial charge in [-0.05, 0) is 19.3 Å². The Morgan fingerprint density at radius 2 is 1.44 bits per heavy atom.